The first kappa shape index (κ1) is 13.0. The monoisotopic (exact) mass is 250 g/mol. The summed E-state index contributed by atoms with van der Waals surface area (Å²) in [5, 5.41) is 0. The largest absolute Gasteiger partial charge is 0.356 e. The van der Waals surface area contributed by atoms with Gasteiger partial charge < -0.3 is 9.80 Å². The van der Waals surface area contributed by atoms with Gasteiger partial charge >= 0.3 is 0 Å². The van der Waals surface area contributed by atoms with Crippen molar-refractivity contribution in [2.24, 2.45) is 5.84 Å². The van der Waals surface area contributed by atoms with Crippen LogP contribution in [-0.4, -0.2) is 48.1 Å². The molecule has 1 aromatic heterocycles. The van der Waals surface area contributed by atoms with Crippen LogP contribution >= 0.6 is 0 Å². The SMILES string of the molecule is Cc1cnc(NN)nc1N1CCC(N(C)C)CC1. The molecule has 0 saturated carbocycles. The summed E-state index contributed by atoms with van der Waals surface area (Å²) in [4.78, 5) is 13.2. The van der Waals surface area contributed by atoms with E-state index in [9.17, 15) is 0 Å². The first-order valence-electron chi connectivity index (χ1n) is 6.33. The van der Waals surface area contributed by atoms with Crippen LogP contribution in [0.15, 0.2) is 6.20 Å². The first-order valence-corrected chi connectivity index (χ1v) is 6.33. The van der Waals surface area contributed by atoms with Gasteiger partial charge in [0.15, 0.2) is 0 Å². The molecule has 2 rings (SSSR count). The van der Waals surface area contributed by atoms with E-state index in [1.54, 1.807) is 0 Å². The lowest BCUT2D eigenvalue weighted by Crippen LogP contribution is -2.42. The number of aryl methyl sites for hydroxylation is 1. The minimum atomic E-state index is 0.477. The van der Waals surface area contributed by atoms with Crippen LogP contribution in [0.2, 0.25) is 0 Å². The van der Waals surface area contributed by atoms with Gasteiger partial charge in [-0.3, -0.25) is 5.43 Å². The third kappa shape index (κ3) is 2.70. The maximum atomic E-state index is 5.36. The van der Waals surface area contributed by atoms with Gasteiger partial charge in [-0.05, 0) is 33.9 Å². The molecule has 1 aliphatic heterocycles. The van der Waals surface area contributed by atoms with Crippen molar-refractivity contribution >= 4 is 11.8 Å². The van der Waals surface area contributed by atoms with Gasteiger partial charge in [-0.25, -0.2) is 10.8 Å². The third-order valence-corrected chi connectivity index (χ3v) is 3.57. The van der Waals surface area contributed by atoms with Crippen LogP contribution in [0.4, 0.5) is 11.8 Å². The molecule has 0 spiro atoms. The zero-order valence-electron chi connectivity index (χ0n) is 11.3. The molecule has 2 heterocycles. The Morgan fingerprint density at radius 1 is 1.39 bits per heavy atom. The second-order valence-corrected chi connectivity index (χ2v) is 5.03. The van der Waals surface area contributed by atoms with Crippen molar-refractivity contribution in [2.75, 3.05) is 37.5 Å². The molecule has 3 N–H and O–H groups in total. The van der Waals surface area contributed by atoms with E-state index in [-0.39, 0.29) is 0 Å². The molecule has 0 atom stereocenters. The molecule has 0 unspecified atom stereocenters. The van der Waals surface area contributed by atoms with Crippen molar-refractivity contribution in [2.45, 2.75) is 25.8 Å². The Labute approximate surface area is 108 Å². The molecular weight excluding hydrogens is 228 g/mol. The standard InChI is InChI=1S/C12H22N6/c1-9-8-14-12(16-13)15-11(9)18-6-4-10(5-7-18)17(2)3/h8,10H,4-7,13H2,1-3H3,(H,14,15,16). The zero-order valence-corrected chi connectivity index (χ0v) is 11.3. The Balaban J connectivity index is 2.09. The van der Waals surface area contributed by atoms with Gasteiger partial charge in [-0.2, -0.15) is 4.98 Å². The molecule has 1 saturated heterocycles. The third-order valence-electron chi connectivity index (χ3n) is 3.57. The molecule has 0 radical (unpaired) electrons. The lowest BCUT2D eigenvalue weighted by molar-refractivity contribution is 0.249. The Morgan fingerprint density at radius 2 is 2.06 bits per heavy atom. The first-order chi connectivity index (χ1) is 8.61. The summed E-state index contributed by atoms with van der Waals surface area (Å²) in [6.07, 6.45) is 4.15. The lowest BCUT2D eigenvalue weighted by atomic mass is 10.0. The fraction of sp³-hybridized carbons (Fsp3) is 0.667. The number of nitrogens with one attached hydrogen (secondary N) is 1. The smallest absolute Gasteiger partial charge is 0.239 e. The van der Waals surface area contributed by atoms with Gasteiger partial charge in [-0.15, -0.1) is 0 Å². The fourth-order valence-corrected chi connectivity index (χ4v) is 2.42. The fourth-order valence-electron chi connectivity index (χ4n) is 2.42. The number of hydrazine groups is 1. The summed E-state index contributed by atoms with van der Waals surface area (Å²) in [5.74, 6) is 6.83. The van der Waals surface area contributed by atoms with Crippen LogP contribution in [0.3, 0.4) is 0 Å². The second-order valence-electron chi connectivity index (χ2n) is 5.03. The summed E-state index contributed by atoms with van der Waals surface area (Å²) in [6, 6.07) is 0.676. The van der Waals surface area contributed by atoms with Gasteiger partial charge in [0, 0.05) is 30.9 Å². The number of hydrogen-bond donors (Lipinski definition) is 2. The lowest BCUT2D eigenvalue weighted by Gasteiger charge is -2.36. The topological polar surface area (TPSA) is 70.3 Å². The molecule has 0 bridgehead atoms. The maximum Gasteiger partial charge on any atom is 0.239 e. The number of nitrogens with two attached hydrogens (primary N) is 1. The highest BCUT2D eigenvalue weighted by Gasteiger charge is 2.22. The Bertz CT molecular complexity index is 398. The highest BCUT2D eigenvalue weighted by molar-refractivity contribution is 5.49. The summed E-state index contributed by atoms with van der Waals surface area (Å²) in [6.45, 7) is 4.10. The molecule has 1 fully saturated rings. The van der Waals surface area contributed by atoms with Crippen molar-refractivity contribution < 1.29 is 0 Å². The van der Waals surface area contributed by atoms with Crippen LogP contribution in [0.25, 0.3) is 0 Å². The van der Waals surface area contributed by atoms with Crippen LogP contribution in [-0.2, 0) is 0 Å². The van der Waals surface area contributed by atoms with Crippen LogP contribution in [0.5, 0.6) is 0 Å². The quantitative estimate of drug-likeness (QED) is 0.605. The van der Waals surface area contributed by atoms with E-state index >= 15 is 0 Å². The number of nitrogens with zero attached hydrogens (tertiary/aromatic N) is 4. The van der Waals surface area contributed by atoms with Crippen LogP contribution < -0.4 is 16.2 Å². The van der Waals surface area contributed by atoms with Gasteiger partial charge in [0.25, 0.3) is 0 Å². The maximum absolute atomic E-state index is 5.36. The Morgan fingerprint density at radius 3 is 2.61 bits per heavy atom. The van der Waals surface area contributed by atoms with E-state index in [2.05, 4.69) is 39.3 Å². The van der Waals surface area contributed by atoms with Crippen molar-refractivity contribution in [1.29, 1.82) is 0 Å². The average molecular weight is 250 g/mol. The molecule has 18 heavy (non-hydrogen) atoms. The predicted octanol–water partition coefficient (Wildman–Crippen LogP) is 0.601. The number of nitrogen functional groups attached to an aromatic ring is 1. The number of piperidine rings is 1. The Hall–Kier alpha value is -1.40. The molecule has 1 aliphatic rings. The Kier molecular flexibility index (Phi) is 3.98. The number of anilines is 2. The van der Waals surface area contributed by atoms with Crippen LogP contribution in [0, 0.1) is 6.92 Å². The molecule has 0 aliphatic carbocycles. The van der Waals surface area contributed by atoms with E-state index in [0.717, 1.165) is 24.5 Å². The summed E-state index contributed by atoms with van der Waals surface area (Å²) < 4.78 is 0. The van der Waals surface area contributed by atoms with Crippen LogP contribution in [0.1, 0.15) is 18.4 Å². The molecule has 6 nitrogen and oxygen atoms in total. The van der Waals surface area contributed by atoms with Crippen molar-refractivity contribution in [3.8, 4) is 0 Å². The van der Waals surface area contributed by atoms with Crippen molar-refractivity contribution in [3.05, 3.63) is 11.8 Å². The normalized spacial score (nSPS) is 17.3. The van der Waals surface area contributed by atoms with Crippen molar-refractivity contribution in [3.63, 3.8) is 0 Å². The average Bonchev–Trinajstić information content (AvgIpc) is 2.39. The van der Waals surface area contributed by atoms with Gasteiger partial charge in [-0.1, -0.05) is 0 Å². The zero-order chi connectivity index (χ0) is 13.1. The molecule has 6 heteroatoms. The minimum Gasteiger partial charge on any atom is -0.356 e. The van der Waals surface area contributed by atoms with Gasteiger partial charge in [0.2, 0.25) is 5.95 Å². The summed E-state index contributed by atoms with van der Waals surface area (Å²) in [5.41, 5.74) is 3.60. The molecule has 100 valence electrons. The minimum absolute atomic E-state index is 0.477. The van der Waals surface area contributed by atoms with E-state index in [0.29, 0.717) is 12.0 Å². The molecular formula is C12H22N6. The highest BCUT2D eigenvalue weighted by atomic mass is 15.3. The van der Waals surface area contributed by atoms with E-state index in [1.807, 2.05) is 13.1 Å². The molecule has 0 aromatic carbocycles. The van der Waals surface area contributed by atoms with E-state index in [4.69, 9.17) is 5.84 Å². The predicted molar refractivity (Wildman–Crippen MR) is 73.5 cm³/mol. The number of rotatable bonds is 3. The molecule has 0 amide bonds. The number of hydrogen-bond acceptors (Lipinski definition) is 6. The van der Waals surface area contributed by atoms with Gasteiger partial charge in [0.1, 0.15) is 5.82 Å². The van der Waals surface area contributed by atoms with Gasteiger partial charge in [0.05, 0.1) is 0 Å². The summed E-state index contributed by atoms with van der Waals surface area (Å²) in [7, 11) is 4.29. The van der Waals surface area contributed by atoms with E-state index in [1.165, 1.54) is 12.8 Å². The second kappa shape index (κ2) is 5.49. The number of aromatic nitrogens is 2. The van der Waals surface area contributed by atoms with E-state index < -0.39 is 0 Å². The van der Waals surface area contributed by atoms with Crippen molar-refractivity contribution in [1.82, 2.24) is 14.9 Å². The summed E-state index contributed by atoms with van der Waals surface area (Å²) >= 11 is 0. The highest BCUT2D eigenvalue weighted by Crippen LogP contribution is 2.23. The molecule has 1 aromatic rings.